The third kappa shape index (κ3) is 5.87. The summed E-state index contributed by atoms with van der Waals surface area (Å²) in [5.41, 5.74) is 4.83. The van der Waals surface area contributed by atoms with Gasteiger partial charge in [-0.2, -0.15) is 10.2 Å². The van der Waals surface area contributed by atoms with Crippen LogP contribution in [0, 0.1) is 17.6 Å². The predicted molar refractivity (Wildman–Crippen MR) is 240 cm³/mol. The number of nitrogens with one attached hydrogen (secondary N) is 1. The van der Waals surface area contributed by atoms with Crippen LogP contribution in [-0.2, 0) is 36.6 Å². The van der Waals surface area contributed by atoms with E-state index in [4.69, 9.17) is 14.4 Å². The fraction of sp³-hybridized carbons (Fsp3) is 0.388. The molecule has 8 aromatic rings. The third-order valence-corrected chi connectivity index (χ3v) is 15.0. The Bertz CT molecular complexity index is 3460. The van der Waals surface area contributed by atoms with Crippen molar-refractivity contribution in [1.29, 1.82) is 0 Å². The molecule has 1 N–H and O–H groups in total. The molecular weight excluding hydrogens is 847 g/mol. The number of carbonyl (C=O) groups excluding carboxylic acids is 1. The van der Waals surface area contributed by atoms with Gasteiger partial charge in [0.15, 0.2) is 11.6 Å². The van der Waals surface area contributed by atoms with Gasteiger partial charge in [-0.05, 0) is 130 Å². The molecule has 3 aromatic carbocycles. The quantitative estimate of drug-likeness (QED) is 0.175. The first-order valence-corrected chi connectivity index (χ1v) is 22.7. The van der Waals surface area contributed by atoms with Crippen LogP contribution in [0.3, 0.4) is 0 Å². The third-order valence-electron chi connectivity index (χ3n) is 15.0. The first kappa shape index (κ1) is 40.6. The number of benzene rings is 3. The highest BCUT2D eigenvalue weighted by atomic mass is 19.1. The monoisotopic (exact) mass is 894 g/mol. The number of ether oxygens (including phenoxy) is 1. The molecule has 4 unspecified atom stereocenters. The maximum atomic E-state index is 16.2. The second-order valence-corrected chi connectivity index (χ2v) is 19.3. The van der Waals surface area contributed by atoms with Crippen LogP contribution in [0.4, 0.5) is 8.78 Å². The molecule has 12 rings (SSSR count). The zero-order valence-corrected chi connectivity index (χ0v) is 37.3. The molecular formula is C49H48F2N10O5. The van der Waals surface area contributed by atoms with Crippen molar-refractivity contribution >= 4 is 27.7 Å². The second-order valence-electron chi connectivity index (χ2n) is 19.3. The van der Waals surface area contributed by atoms with Gasteiger partial charge in [0.2, 0.25) is 0 Å². The molecule has 1 saturated carbocycles. The lowest BCUT2D eigenvalue weighted by Gasteiger charge is -2.35. The molecule has 5 aromatic heterocycles. The molecule has 1 saturated heterocycles. The number of rotatable bonds is 7. The number of amides is 1. The van der Waals surface area contributed by atoms with Crippen LogP contribution < -0.4 is 11.4 Å². The number of aromatic nitrogens is 9. The number of aryl methyl sites for hydroxylation is 1. The summed E-state index contributed by atoms with van der Waals surface area (Å²) < 4.78 is 50.6. The minimum absolute atomic E-state index is 0.00337. The molecule has 338 valence electrons. The molecule has 4 aliphatic rings. The number of imidazole rings is 1. The van der Waals surface area contributed by atoms with Crippen molar-refractivity contribution in [1.82, 2.24) is 48.3 Å². The fourth-order valence-corrected chi connectivity index (χ4v) is 11.6. The average molecular weight is 895 g/mol. The average Bonchev–Trinajstić information content (AvgIpc) is 4.05. The number of H-pyrrole nitrogens is 1. The summed E-state index contributed by atoms with van der Waals surface area (Å²) >= 11 is 0. The van der Waals surface area contributed by atoms with Gasteiger partial charge in [-0.15, -0.1) is 0 Å². The van der Waals surface area contributed by atoms with Gasteiger partial charge in [-0.25, -0.2) is 23.1 Å². The van der Waals surface area contributed by atoms with Crippen LogP contribution in [0.2, 0.25) is 0 Å². The maximum absolute atomic E-state index is 16.2. The molecule has 0 spiro atoms. The summed E-state index contributed by atoms with van der Waals surface area (Å²) in [5.74, 6) is -0.773. The molecule has 4 atom stereocenters. The number of hydrogen-bond acceptors (Lipinski definition) is 8. The summed E-state index contributed by atoms with van der Waals surface area (Å²) in [6.07, 6.45) is 9.26. The summed E-state index contributed by atoms with van der Waals surface area (Å²) in [7, 11) is 1.73. The van der Waals surface area contributed by atoms with E-state index in [0.717, 1.165) is 35.7 Å². The Morgan fingerprint density at radius 2 is 1.70 bits per heavy atom. The minimum Gasteiger partial charge on any atom is -0.376 e. The number of halogens is 2. The van der Waals surface area contributed by atoms with Crippen molar-refractivity contribution in [3.63, 3.8) is 0 Å². The highest BCUT2D eigenvalue weighted by Gasteiger charge is 2.59. The van der Waals surface area contributed by atoms with Crippen LogP contribution in [-0.4, -0.2) is 73.0 Å². The Morgan fingerprint density at radius 1 is 0.924 bits per heavy atom. The molecule has 0 bridgehead atoms. The second kappa shape index (κ2) is 14.3. The first-order chi connectivity index (χ1) is 31.7. The molecule has 15 nitrogen and oxygen atoms in total. The lowest BCUT2D eigenvalue weighted by atomic mass is 9.83. The lowest BCUT2D eigenvalue weighted by Crippen LogP contribution is -2.41. The smallest absolute Gasteiger partial charge is 0.376 e. The van der Waals surface area contributed by atoms with Gasteiger partial charge in [-0.1, -0.05) is 18.1 Å². The van der Waals surface area contributed by atoms with Crippen LogP contribution in [0.25, 0.3) is 39.0 Å². The molecule has 0 radical (unpaired) electrons. The van der Waals surface area contributed by atoms with Crippen molar-refractivity contribution in [2.24, 2.45) is 13.0 Å². The Balaban J connectivity index is 1.01. The van der Waals surface area contributed by atoms with E-state index in [2.05, 4.69) is 54.2 Å². The van der Waals surface area contributed by atoms with E-state index in [1.54, 1.807) is 40.8 Å². The molecule has 2 aliphatic carbocycles. The van der Waals surface area contributed by atoms with E-state index in [0.29, 0.717) is 84.2 Å². The van der Waals surface area contributed by atoms with E-state index in [1.807, 2.05) is 22.5 Å². The molecule has 2 aliphatic heterocycles. The highest BCUT2D eigenvalue weighted by Crippen LogP contribution is 2.56. The van der Waals surface area contributed by atoms with Gasteiger partial charge in [-0.3, -0.25) is 28.1 Å². The van der Waals surface area contributed by atoms with Crippen LogP contribution in [0.15, 0.2) is 81.2 Å². The summed E-state index contributed by atoms with van der Waals surface area (Å²) in [6, 6.07) is 14.1. The van der Waals surface area contributed by atoms with Crippen molar-refractivity contribution in [2.75, 3.05) is 13.2 Å². The Morgan fingerprint density at radius 3 is 2.47 bits per heavy atom. The zero-order chi connectivity index (χ0) is 45.6. The first-order valence-electron chi connectivity index (χ1n) is 22.7. The predicted octanol–water partition coefficient (Wildman–Crippen LogP) is 7.31. The van der Waals surface area contributed by atoms with Gasteiger partial charge in [0.1, 0.15) is 22.9 Å². The molecule has 2 fully saturated rings. The highest BCUT2D eigenvalue weighted by molar-refractivity contribution is 6.00. The Hall–Kier alpha value is -6.88. The van der Waals surface area contributed by atoms with Gasteiger partial charge >= 0.3 is 11.4 Å². The van der Waals surface area contributed by atoms with Gasteiger partial charge in [0.25, 0.3) is 5.91 Å². The van der Waals surface area contributed by atoms with Crippen LogP contribution >= 0.6 is 0 Å². The topological polar surface area (TPSA) is 156 Å². The SMILES string of the molecule is CC1c2c(nn(-c3ccc(F)c4c3CCC4)c2-n2ccn(-c3ccc4c(cnn4C)c3F)c2=O)CCN1C(=O)c1cc2cc(C3CCOC(C)(C)C3)ccc2n1C1(c2noc(=O)[nH]2)CC1C. The zero-order valence-electron chi connectivity index (χ0n) is 37.3. The van der Waals surface area contributed by atoms with Crippen molar-refractivity contribution < 1.29 is 22.8 Å². The van der Waals surface area contributed by atoms with Crippen LogP contribution in [0.1, 0.15) is 110 Å². The molecule has 7 heterocycles. The maximum Gasteiger partial charge on any atom is 0.438 e. The molecule has 17 heteroatoms. The number of aromatic amines is 1. The van der Waals surface area contributed by atoms with Crippen molar-refractivity contribution in [2.45, 2.75) is 95.7 Å². The summed E-state index contributed by atoms with van der Waals surface area (Å²) in [4.78, 5) is 47.5. The fourth-order valence-electron chi connectivity index (χ4n) is 11.6. The number of fused-ring (bicyclic) bond motifs is 4. The Kier molecular flexibility index (Phi) is 8.81. The van der Waals surface area contributed by atoms with Crippen molar-refractivity contribution in [3.8, 4) is 17.2 Å². The molecule has 66 heavy (non-hydrogen) atoms. The van der Waals surface area contributed by atoms with E-state index < -0.39 is 28.8 Å². The standard InChI is InChI=1S/C49H48F2N10O5/c1-26-23-49(26,45-53-46(63)66-55-45)60-36-11-9-28(29-16-20-65-48(3,4)24-29)21-30(36)22-40(60)44(62)57-17-15-35-41(27(57)2)43(61(54-35)38-12-10-34(50)31-7-6-8-32(31)38)59-19-18-58(47(59)64)39-14-13-37-33(42(39)51)25-52-56(37)5/h9-14,18-19,21-22,25-27,29H,6-8,15-17,20,23-24H2,1-5H3,(H,53,55,63). The lowest BCUT2D eigenvalue weighted by molar-refractivity contribution is -0.0592. The number of carbonyl (C=O) groups is 1. The van der Waals surface area contributed by atoms with E-state index in [9.17, 15) is 9.59 Å². The van der Waals surface area contributed by atoms with Crippen LogP contribution in [0.5, 0.6) is 0 Å². The van der Waals surface area contributed by atoms with Gasteiger partial charge < -0.3 is 14.2 Å². The number of nitrogens with zero attached hydrogens (tertiary/aromatic N) is 9. The molecule has 1 amide bonds. The van der Waals surface area contributed by atoms with E-state index in [-0.39, 0.29) is 40.2 Å². The van der Waals surface area contributed by atoms with Crippen molar-refractivity contribution in [3.05, 3.63) is 139 Å². The van der Waals surface area contributed by atoms with Gasteiger partial charge in [0, 0.05) is 55.5 Å². The van der Waals surface area contributed by atoms with E-state index in [1.165, 1.54) is 33.2 Å². The minimum atomic E-state index is -0.853. The van der Waals surface area contributed by atoms with E-state index >= 15 is 13.6 Å². The van der Waals surface area contributed by atoms with Gasteiger partial charge in [0.05, 0.1) is 45.8 Å². The largest absolute Gasteiger partial charge is 0.438 e. The Labute approximate surface area is 376 Å². The summed E-state index contributed by atoms with van der Waals surface area (Å²) in [5, 5.41) is 14.7. The summed E-state index contributed by atoms with van der Waals surface area (Å²) in [6.45, 7) is 9.20. The number of hydrogen-bond donors (Lipinski definition) is 1. The normalized spacial score (nSPS) is 22.3.